The average molecular weight is 281 g/mol. The Labute approximate surface area is 119 Å². The van der Waals surface area contributed by atoms with Crippen LogP contribution < -0.4 is 5.73 Å². The van der Waals surface area contributed by atoms with Crippen molar-refractivity contribution in [2.75, 3.05) is 0 Å². The van der Waals surface area contributed by atoms with Crippen LogP contribution in [-0.4, -0.2) is 11.0 Å². The van der Waals surface area contributed by atoms with Gasteiger partial charge in [0, 0.05) is 17.5 Å². The Morgan fingerprint density at radius 2 is 2.05 bits per heavy atom. The standard InChI is InChI=1S/C15H21ClN2O/c1-9-5-10(16)6-12-14(9)19-13(18-12)7-11(17)8-15(2,3)4/h5-6,11H,7-8,17H2,1-4H3. The molecule has 0 saturated carbocycles. The SMILES string of the molecule is Cc1cc(Cl)cc2nc(CC(N)CC(C)(C)C)oc12. The number of fused-ring (bicyclic) bond motifs is 1. The van der Waals surface area contributed by atoms with Gasteiger partial charge >= 0.3 is 0 Å². The number of aromatic nitrogens is 1. The number of nitrogens with zero attached hydrogens (tertiary/aromatic N) is 1. The molecular weight excluding hydrogens is 260 g/mol. The van der Waals surface area contributed by atoms with Crippen molar-refractivity contribution in [3.05, 3.63) is 28.6 Å². The predicted molar refractivity (Wildman–Crippen MR) is 79.5 cm³/mol. The maximum absolute atomic E-state index is 6.16. The molecule has 0 radical (unpaired) electrons. The van der Waals surface area contributed by atoms with Crippen LogP contribution in [0.2, 0.25) is 5.02 Å². The maximum atomic E-state index is 6.16. The zero-order chi connectivity index (χ0) is 14.2. The van der Waals surface area contributed by atoms with Gasteiger partial charge in [-0.15, -0.1) is 0 Å². The van der Waals surface area contributed by atoms with Gasteiger partial charge in [0.25, 0.3) is 0 Å². The molecule has 2 N–H and O–H groups in total. The minimum Gasteiger partial charge on any atom is -0.440 e. The normalized spacial score (nSPS) is 14.0. The molecule has 1 atom stereocenters. The van der Waals surface area contributed by atoms with Crippen LogP contribution in [0.1, 0.15) is 38.6 Å². The first-order valence-electron chi connectivity index (χ1n) is 6.56. The topological polar surface area (TPSA) is 52.0 Å². The number of oxazole rings is 1. The molecule has 104 valence electrons. The second kappa shape index (κ2) is 5.14. The number of rotatable bonds is 3. The van der Waals surface area contributed by atoms with Crippen LogP contribution in [0.4, 0.5) is 0 Å². The van der Waals surface area contributed by atoms with E-state index >= 15 is 0 Å². The third kappa shape index (κ3) is 3.71. The second-order valence-electron chi connectivity index (χ2n) is 6.41. The molecule has 0 spiro atoms. The fraction of sp³-hybridized carbons (Fsp3) is 0.533. The Morgan fingerprint density at radius 1 is 1.37 bits per heavy atom. The van der Waals surface area contributed by atoms with E-state index in [0.717, 1.165) is 23.1 Å². The van der Waals surface area contributed by atoms with Gasteiger partial charge in [-0.05, 0) is 36.5 Å². The molecular formula is C15H21ClN2O. The van der Waals surface area contributed by atoms with Gasteiger partial charge in [0.1, 0.15) is 5.52 Å². The van der Waals surface area contributed by atoms with Crippen LogP contribution in [0.25, 0.3) is 11.1 Å². The largest absolute Gasteiger partial charge is 0.440 e. The van der Waals surface area contributed by atoms with E-state index in [9.17, 15) is 0 Å². The van der Waals surface area contributed by atoms with E-state index in [4.69, 9.17) is 21.8 Å². The van der Waals surface area contributed by atoms with Crippen molar-refractivity contribution in [1.82, 2.24) is 4.98 Å². The third-order valence-electron chi connectivity index (χ3n) is 3.00. The van der Waals surface area contributed by atoms with Crippen LogP contribution >= 0.6 is 11.6 Å². The van der Waals surface area contributed by atoms with Crippen LogP contribution in [0, 0.1) is 12.3 Å². The summed E-state index contributed by atoms with van der Waals surface area (Å²) in [6, 6.07) is 3.77. The van der Waals surface area contributed by atoms with Gasteiger partial charge in [0.2, 0.25) is 0 Å². The molecule has 1 aromatic carbocycles. The van der Waals surface area contributed by atoms with E-state index < -0.39 is 0 Å². The molecule has 0 saturated heterocycles. The lowest BCUT2D eigenvalue weighted by atomic mass is 9.87. The highest BCUT2D eigenvalue weighted by Gasteiger charge is 2.18. The minimum atomic E-state index is 0.0591. The first kappa shape index (κ1) is 14.4. The molecule has 3 nitrogen and oxygen atoms in total. The smallest absolute Gasteiger partial charge is 0.197 e. The Balaban J connectivity index is 2.20. The fourth-order valence-corrected chi connectivity index (χ4v) is 2.64. The quantitative estimate of drug-likeness (QED) is 0.921. The summed E-state index contributed by atoms with van der Waals surface area (Å²) in [5.74, 6) is 0.692. The van der Waals surface area contributed by atoms with E-state index in [1.807, 2.05) is 19.1 Å². The van der Waals surface area contributed by atoms with E-state index in [2.05, 4.69) is 25.8 Å². The Kier molecular flexibility index (Phi) is 3.88. The lowest BCUT2D eigenvalue weighted by Crippen LogP contribution is -2.28. The first-order valence-corrected chi connectivity index (χ1v) is 6.93. The van der Waals surface area contributed by atoms with Crippen molar-refractivity contribution in [1.29, 1.82) is 0 Å². The minimum absolute atomic E-state index is 0.0591. The molecule has 1 aromatic heterocycles. The molecule has 4 heteroatoms. The van der Waals surface area contributed by atoms with Crippen molar-refractivity contribution in [2.45, 2.75) is 46.6 Å². The Hall–Kier alpha value is -1.06. The number of hydrogen-bond acceptors (Lipinski definition) is 3. The summed E-state index contributed by atoms with van der Waals surface area (Å²) in [6.07, 6.45) is 1.59. The van der Waals surface area contributed by atoms with Crippen LogP contribution in [0.15, 0.2) is 16.5 Å². The fourth-order valence-electron chi connectivity index (χ4n) is 2.37. The van der Waals surface area contributed by atoms with Gasteiger partial charge in [-0.1, -0.05) is 32.4 Å². The number of aryl methyl sites for hydroxylation is 1. The molecule has 0 fully saturated rings. The second-order valence-corrected chi connectivity index (χ2v) is 6.84. The van der Waals surface area contributed by atoms with Crippen LogP contribution in [0.5, 0.6) is 0 Å². The summed E-state index contributed by atoms with van der Waals surface area (Å²) in [7, 11) is 0. The molecule has 2 aromatic rings. The van der Waals surface area contributed by atoms with Gasteiger partial charge < -0.3 is 10.2 Å². The molecule has 0 aliphatic heterocycles. The maximum Gasteiger partial charge on any atom is 0.197 e. The highest BCUT2D eigenvalue weighted by molar-refractivity contribution is 6.31. The van der Waals surface area contributed by atoms with Gasteiger partial charge in [0.05, 0.1) is 0 Å². The van der Waals surface area contributed by atoms with Gasteiger partial charge in [0.15, 0.2) is 11.5 Å². The van der Waals surface area contributed by atoms with Gasteiger partial charge in [-0.2, -0.15) is 0 Å². The molecule has 2 rings (SSSR count). The molecule has 0 aliphatic carbocycles. The lowest BCUT2D eigenvalue weighted by Gasteiger charge is -2.22. The average Bonchev–Trinajstić information content (AvgIpc) is 2.56. The van der Waals surface area contributed by atoms with Crippen molar-refractivity contribution < 1.29 is 4.42 Å². The first-order chi connectivity index (χ1) is 8.74. The van der Waals surface area contributed by atoms with Crippen molar-refractivity contribution >= 4 is 22.7 Å². The van der Waals surface area contributed by atoms with Crippen LogP contribution in [0.3, 0.4) is 0 Å². The number of halogens is 1. The summed E-state index contributed by atoms with van der Waals surface area (Å²) >= 11 is 6.02. The monoisotopic (exact) mass is 280 g/mol. The van der Waals surface area contributed by atoms with E-state index in [-0.39, 0.29) is 11.5 Å². The Morgan fingerprint density at radius 3 is 2.68 bits per heavy atom. The summed E-state index contributed by atoms with van der Waals surface area (Å²) in [5, 5.41) is 0.684. The van der Waals surface area contributed by atoms with E-state index in [1.165, 1.54) is 0 Å². The van der Waals surface area contributed by atoms with Crippen LogP contribution in [-0.2, 0) is 6.42 Å². The number of hydrogen-bond donors (Lipinski definition) is 1. The zero-order valence-electron chi connectivity index (χ0n) is 12.0. The molecule has 0 amide bonds. The van der Waals surface area contributed by atoms with E-state index in [0.29, 0.717) is 17.3 Å². The predicted octanol–water partition coefficient (Wildman–Crippen LogP) is 4.10. The zero-order valence-corrected chi connectivity index (χ0v) is 12.7. The number of nitrogens with two attached hydrogens (primary N) is 1. The molecule has 1 unspecified atom stereocenters. The molecule has 0 aliphatic rings. The van der Waals surface area contributed by atoms with Crippen molar-refractivity contribution in [3.63, 3.8) is 0 Å². The summed E-state index contributed by atoms with van der Waals surface area (Å²) in [4.78, 5) is 4.47. The van der Waals surface area contributed by atoms with Gasteiger partial charge in [-0.25, -0.2) is 4.98 Å². The Bertz CT molecular complexity index is 584. The highest BCUT2D eigenvalue weighted by Crippen LogP contribution is 2.26. The molecule has 1 heterocycles. The third-order valence-corrected chi connectivity index (χ3v) is 3.21. The lowest BCUT2D eigenvalue weighted by molar-refractivity contribution is 0.329. The summed E-state index contributed by atoms with van der Waals surface area (Å²) in [5.41, 5.74) is 8.99. The van der Waals surface area contributed by atoms with Crippen molar-refractivity contribution in [3.8, 4) is 0 Å². The summed E-state index contributed by atoms with van der Waals surface area (Å²) < 4.78 is 5.79. The van der Waals surface area contributed by atoms with E-state index in [1.54, 1.807) is 0 Å². The number of benzene rings is 1. The highest BCUT2D eigenvalue weighted by atomic mass is 35.5. The van der Waals surface area contributed by atoms with Crippen molar-refractivity contribution in [2.24, 2.45) is 11.1 Å². The van der Waals surface area contributed by atoms with Gasteiger partial charge in [-0.3, -0.25) is 0 Å². The summed E-state index contributed by atoms with van der Waals surface area (Å²) in [6.45, 7) is 8.52. The molecule has 19 heavy (non-hydrogen) atoms. The molecule has 0 bridgehead atoms.